The second kappa shape index (κ2) is 7.44. The molecular weight excluding hydrogens is 426 g/mol. The molecule has 1 heterocycles. The number of hydrogen-bond donors (Lipinski definition) is 1. The third kappa shape index (κ3) is 3.35. The van der Waals surface area contributed by atoms with Crippen molar-refractivity contribution in [2.45, 2.75) is 42.2 Å². The number of nitro groups is 1. The largest absolute Gasteiger partial charge is 0.301 e. The Labute approximate surface area is 177 Å². The zero-order valence-corrected chi connectivity index (χ0v) is 17.8. The number of benzene rings is 2. The van der Waals surface area contributed by atoms with Gasteiger partial charge in [0, 0.05) is 12.1 Å². The molecule has 3 aromatic rings. The van der Waals surface area contributed by atoms with E-state index in [9.17, 15) is 23.3 Å². The number of nitrogens with zero attached hydrogens (tertiary/aromatic N) is 2. The van der Waals surface area contributed by atoms with E-state index in [-0.39, 0.29) is 28.6 Å². The molecule has 0 radical (unpaired) electrons. The number of carbonyl (C=O) groups is 1. The Bertz CT molecular complexity index is 1240. The van der Waals surface area contributed by atoms with Gasteiger partial charge in [-0.15, -0.1) is 0 Å². The van der Waals surface area contributed by atoms with Crippen molar-refractivity contribution in [1.29, 1.82) is 0 Å². The number of amides is 1. The molecule has 1 fully saturated rings. The maximum atomic E-state index is 13.4. The van der Waals surface area contributed by atoms with Crippen molar-refractivity contribution in [2.75, 3.05) is 5.32 Å². The number of non-ortho nitro benzene ring substituents is 1. The summed E-state index contributed by atoms with van der Waals surface area (Å²) in [6.07, 6.45) is 1.77. The lowest BCUT2D eigenvalue weighted by Gasteiger charge is -2.27. The first-order valence-electron chi connectivity index (χ1n) is 9.41. The summed E-state index contributed by atoms with van der Waals surface area (Å²) in [5.74, 6) is -0.603. The summed E-state index contributed by atoms with van der Waals surface area (Å²) in [5.41, 5.74) is 1.36. The van der Waals surface area contributed by atoms with E-state index in [1.807, 2.05) is 6.92 Å². The van der Waals surface area contributed by atoms with Crippen LogP contribution >= 0.6 is 11.3 Å². The van der Waals surface area contributed by atoms with Crippen LogP contribution in [-0.2, 0) is 14.6 Å². The SMILES string of the molecule is Cc1ccc(S(=O)(=O)C2(C(=O)Nc3nc4ccc([N+](=O)[O-])cc4s3)CCCC2)cc1. The first kappa shape index (κ1) is 20.4. The van der Waals surface area contributed by atoms with E-state index in [0.29, 0.717) is 23.1 Å². The minimum atomic E-state index is -3.91. The zero-order chi connectivity index (χ0) is 21.5. The number of sulfone groups is 1. The van der Waals surface area contributed by atoms with Crippen LogP contribution in [0.15, 0.2) is 47.4 Å². The molecule has 10 heteroatoms. The Morgan fingerprint density at radius 2 is 1.83 bits per heavy atom. The van der Waals surface area contributed by atoms with Gasteiger partial charge in [-0.25, -0.2) is 13.4 Å². The lowest BCUT2D eigenvalue weighted by molar-refractivity contribution is -0.384. The van der Waals surface area contributed by atoms with Gasteiger partial charge in [0.05, 0.1) is 20.0 Å². The number of aromatic nitrogens is 1. The van der Waals surface area contributed by atoms with E-state index >= 15 is 0 Å². The minimum absolute atomic E-state index is 0.0711. The fraction of sp³-hybridized carbons (Fsp3) is 0.300. The van der Waals surface area contributed by atoms with E-state index in [1.165, 1.54) is 30.3 Å². The van der Waals surface area contributed by atoms with E-state index in [2.05, 4.69) is 10.3 Å². The quantitative estimate of drug-likeness (QED) is 0.463. The summed E-state index contributed by atoms with van der Waals surface area (Å²) in [6.45, 7) is 1.87. The van der Waals surface area contributed by atoms with Gasteiger partial charge in [0.2, 0.25) is 5.91 Å². The first-order chi connectivity index (χ1) is 14.2. The average molecular weight is 446 g/mol. The first-order valence-corrected chi connectivity index (χ1v) is 11.7. The lowest BCUT2D eigenvalue weighted by atomic mass is 10.1. The molecule has 1 aliphatic rings. The zero-order valence-electron chi connectivity index (χ0n) is 16.1. The summed E-state index contributed by atoms with van der Waals surface area (Å²) in [6, 6.07) is 10.7. The highest BCUT2D eigenvalue weighted by Crippen LogP contribution is 2.42. The van der Waals surface area contributed by atoms with Crippen LogP contribution in [0.2, 0.25) is 0 Å². The van der Waals surface area contributed by atoms with Crippen LogP contribution < -0.4 is 5.32 Å². The van der Waals surface area contributed by atoms with Crippen LogP contribution in [0, 0.1) is 17.0 Å². The molecule has 2 aromatic carbocycles. The van der Waals surface area contributed by atoms with Crippen LogP contribution in [0.5, 0.6) is 0 Å². The fourth-order valence-electron chi connectivity index (χ4n) is 3.80. The van der Waals surface area contributed by atoms with Crippen molar-refractivity contribution < 1.29 is 18.1 Å². The molecule has 0 atom stereocenters. The molecule has 1 aromatic heterocycles. The maximum absolute atomic E-state index is 13.4. The smallest absolute Gasteiger partial charge is 0.270 e. The van der Waals surface area contributed by atoms with Crippen LogP contribution in [0.25, 0.3) is 10.2 Å². The average Bonchev–Trinajstić information content (AvgIpc) is 3.35. The third-order valence-electron chi connectivity index (χ3n) is 5.47. The predicted octanol–water partition coefficient (Wildman–Crippen LogP) is 4.24. The van der Waals surface area contributed by atoms with Gasteiger partial charge in [0.25, 0.3) is 5.69 Å². The Hall–Kier alpha value is -2.85. The lowest BCUT2D eigenvalue weighted by Crippen LogP contribution is -2.47. The van der Waals surface area contributed by atoms with Crippen molar-refractivity contribution in [3.63, 3.8) is 0 Å². The molecular formula is C20H19N3O5S2. The standard InChI is InChI=1S/C20H19N3O5S2/c1-13-4-7-15(8-5-13)30(27,28)20(10-2-3-11-20)18(24)22-19-21-16-9-6-14(23(25)26)12-17(16)29-19/h4-9,12H,2-3,10-11H2,1H3,(H,21,22,24). The topological polar surface area (TPSA) is 119 Å². The molecule has 0 unspecified atom stereocenters. The molecule has 1 saturated carbocycles. The minimum Gasteiger partial charge on any atom is -0.301 e. The number of anilines is 1. The van der Waals surface area contributed by atoms with Crippen molar-refractivity contribution in [1.82, 2.24) is 4.98 Å². The van der Waals surface area contributed by atoms with Crippen molar-refractivity contribution in [3.05, 3.63) is 58.1 Å². The van der Waals surface area contributed by atoms with E-state index in [0.717, 1.165) is 16.9 Å². The van der Waals surface area contributed by atoms with Gasteiger partial charge < -0.3 is 5.32 Å². The molecule has 8 nitrogen and oxygen atoms in total. The normalized spacial score (nSPS) is 15.9. The molecule has 156 valence electrons. The summed E-state index contributed by atoms with van der Waals surface area (Å²) >= 11 is 1.08. The number of nitrogens with one attached hydrogen (secondary N) is 1. The number of thiazole rings is 1. The monoisotopic (exact) mass is 445 g/mol. The summed E-state index contributed by atoms with van der Waals surface area (Å²) in [5, 5.41) is 13.9. The van der Waals surface area contributed by atoms with E-state index in [1.54, 1.807) is 12.1 Å². The van der Waals surface area contributed by atoms with Crippen LogP contribution in [-0.4, -0.2) is 29.0 Å². The van der Waals surface area contributed by atoms with Gasteiger partial charge in [-0.1, -0.05) is 41.9 Å². The molecule has 1 amide bonds. The molecule has 30 heavy (non-hydrogen) atoms. The molecule has 1 aliphatic carbocycles. The van der Waals surface area contributed by atoms with Gasteiger partial charge in [-0.2, -0.15) is 0 Å². The predicted molar refractivity (Wildman–Crippen MR) is 114 cm³/mol. The van der Waals surface area contributed by atoms with Crippen molar-refractivity contribution in [2.24, 2.45) is 0 Å². The van der Waals surface area contributed by atoms with E-state index in [4.69, 9.17) is 0 Å². The molecule has 0 spiro atoms. The number of rotatable bonds is 5. The Balaban J connectivity index is 1.68. The van der Waals surface area contributed by atoms with Gasteiger partial charge >= 0.3 is 0 Å². The highest BCUT2D eigenvalue weighted by atomic mass is 32.2. The van der Waals surface area contributed by atoms with Gasteiger partial charge in [-0.05, 0) is 38.0 Å². The highest BCUT2D eigenvalue weighted by Gasteiger charge is 2.53. The second-order valence-corrected chi connectivity index (χ2v) is 10.7. The number of hydrogen-bond acceptors (Lipinski definition) is 7. The van der Waals surface area contributed by atoms with Crippen LogP contribution in [0.1, 0.15) is 31.2 Å². The van der Waals surface area contributed by atoms with Crippen molar-refractivity contribution in [3.8, 4) is 0 Å². The Morgan fingerprint density at radius 3 is 2.47 bits per heavy atom. The molecule has 0 saturated heterocycles. The number of fused-ring (bicyclic) bond motifs is 1. The molecule has 1 N–H and O–H groups in total. The van der Waals surface area contributed by atoms with Crippen molar-refractivity contribution >= 4 is 48.1 Å². The molecule has 4 rings (SSSR count). The third-order valence-corrected chi connectivity index (χ3v) is 8.92. The highest BCUT2D eigenvalue weighted by molar-refractivity contribution is 7.93. The molecule has 0 aliphatic heterocycles. The number of carbonyl (C=O) groups excluding carboxylic acids is 1. The summed E-state index contributed by atoms with van der Waals surface area (Å²) in [4.78, 5) is 28.1. The Kier molecular flexibility index (Phi) is 5.07. The summed E-state index contributed by atoms with van der Waals surface area (Å²) < 4.78 is 25.9. The van der Waals surface area contributed by atoms with Crippen LogP contribution in [0.3, 0.4) is 0 Å². The fourth-order valence-corrected chi connectivity index (χ4v) is 6.76. The van der Waals surface area contributed by atoms with Gasteiger partial charge in [0.15, 0.2) is 19.7 Å². The number of nitro benzene ring substituents is 1. The molecule has 0 bridgehead atoms. The van der Waals surface area contributed by atoms with Crippen LogP contribution in [0.4, 0.5) is 10.8 Å². The Morgan fingerprint density at radius 1 is 1.17 bits per heavy atom. The second-order valence-electron chi connectivity index (χ2n) is 7.40. The van der Waals surface area contributed by atoms with E-state index < -0.39 is 25.4 Å². The number of aryl methyl sites for hydroxylation is 1. The summed E-state index contributed by atoms with van der Waals surface area (Å²) in [7, 11) is -3.91. The van der Waals surface area contributed by atoms with Gasteiger partial charge in [-0.3, -0.25) is 14.9 Å². The maximum Gasteiger partial charge on any atom is 0.270 e. The van der Waals surface area contributed by atoms with Gasteiger partial charge in [0.1, 0.15) is 0 Å².